The minimum Gasteiger partial charge on any atom is -0.478 e. The lowest BCUT2D eigenvalue weighted by Gasteiger charge is -2.30. The third-order valence-electron chi connectivity index (χ3n) is 23.0. The van der Waals surface area contributed by atoms with Gasteiger partial charge in [-0.05, 0) is 346 Å². The molecule has 149 heavy (non-hydrogen) atoms. The lowest BCUT2D eigenvalue weighted by atomic mass is 10.0. The molecule has 14 rings (SSSR count). The summed E-state index contributed by atoms with van der Waals surface area (Å²) in [4.78, 5) is 100. The maximum absolute atomic E-state index is 13.3. The summed E-state index contributed by atoms with van der Waals surface area (Å²) in [7, 11) is -0.585. The van der Waals surface area contributed by atoms with Crippen LogP contribution in [0.1, 0.15) is 115 Å². The number of sulfonamides is 2. The second-order valence-electron chi connectivity index (χ2n) is 35.1. The second kappa shape index (κ2) is 55.1. The Hall–Kier alpha value is -15.9. The SMILES string of the molecule is CC(=O)NS(=O)(=O)/C=C/c1cnc(-c2ccc(F)cc2)c(N(C)C(C)C)c1.CC(C)N(C)c1cc(/C=C/C(=O)O)cnc1-c1ccc(F)cc1.CC(C)N(C)c1cc(/C=C/P(=O)(O)O)cnc1-c1ccc(F)cc1.CN(c1ccccc1)c1cc(/C=C/C(=O)O)cnc1-c1ccc(F)cc1.CNS(=O)(=O)/C=C/c1cnc(-c2ccc(F)cc2)c(N(C)C(C)C)c1.O=C(O)/C=C/c1cnc(-c2ccc(F)cc2)c(N2CCCCC2)c1. The molecule has 7 aromatic carbocycles. The van der Waals surface area contributed by atoms with E-state index in [4.69, 9.17) is 25.1 Å². The molecule has 0 aliphatic carbocycles. The van der Waals surface area contributed by atoms with Crippen molar-refractivity contribution < 1.29 is 92.0 Å². The van der Waals surface area contributed by atoms with E-state index in [-0.39, 0.29) is 59.1 Å². The van der Waals surface area contributed by atoms with E-state index in [1.807, 2.05) is 174 Å². The number of carbonyl (C=O) groups is 4. The molecular formula is C112H119F6N14O14PS2. The van der Waals surface area contributed by atoms with Crippen molar-refractivity contribution in [2.75, 3.05) is 84.8 Å². The number of aliphatic carboxylic acids is 3. The van der Waals surface area contributed by atoms with Gasteiger partial charge < -0.3 is 54.5 Å². The van der Waals surface area contributed by atoms with Gasteiger partial charge in [0.25, 0.3) is 10.0 Å². The first kappa shape index (κ1) is 117. The molecule has 0 spiro atoms. The number of pyridine rings is 6. The van der Waals surface area contributed by atoms with Gasteiger partial charge in [0, 0.05) is 185 Å². The standard InChI is InChI=1S/C21H17FN2O2.C19H22FN3O3S.C19H19FN2O2.C18H22FN3O2S.C18H19FN2O2.C17H20FN2O3P/c1-24(18-5-3-2-4-6-18)19-13-15(7-12-20(25)26)14-23-21(19)16-8-10-17(22)11-9-16;1-13(2)23(4)18-11-15(9-10-27(25,26)22-14(3)24)12-21-19(18)16-5-7-17(20)8-6-16;20-16-7-5-15(6-8-16)19-17(22-10-2-1-3-11-22)12-14(13-21-19)4-9-18(23)24;1-13(2)22(4)17-11-14(9-10-25(23,24)20-3)12-21-18(17)15-5-7-16(19)8-6-15;1-12(2)21(3)16-10-13(4-9-17(22)23)11-20-18(16)14-5-7-15(19)8-6-14;1-12(2)20(3)16-10-13(8-9-24(21,22)23)11-19-17(16)14-4-6-15(18)7-5-14/h2-14H,1H3,(H,25,26);5-13H,1-4H3,(H,22,24);4-9,12-13H,1-3,10-11H2,(H,23,24);5-13,20H,1-4H3;4-12H,1-3H3,(H,22,23);4-12H,1-3H3,(H2,21,22,23)/b12-7+;10-9+;9-4+;10-9+;9-4+;9-8+. The number of carbonyl (C=O) groups excluding carboxylic acids is 1. The molecule has 1 fully saturated rings. The Balaban J connectivity index is 0.000000199. The monoisotopic (exact) mass is 2090 g/mol. The average Bonchev–Trinajstić information content (AvgIpc) is 0.965. The van der Waals surface area contributed by atoms with Crippen LogP contribution in [0.3, 0.4) is 0 Å². The second-order valence-corrected chi connectivity index (χ2v) is 39.9. The summed E-state index contributed by atoms with van der Waals surface area (Å²) in [5.41, 5.74) is 18.9. The minimum atomic E-state index is -4.23. The molecule has 1 aliphatic heterocycles. The number of aromatic nitrogens is 6. The van der Waals surface area contributed by atoms with Crippen molar-refractivity contribution >= 4 is 128 Å². The van der Waals surface area contributed by atoms with Crippen LogP contribution in [-0.2, 0) is 43.8 Å². The molecule has 0 bridgehead atoms. The number of hydrogen-bond donors (Lipinski definition) is 7. The van der Waals surface area contributed by atoms with Gasteiger partial charge in [-0.2, -0.15) is 0 Å². The van der Waals surface area contributed by atoms with E-state index in [2.05, 4.69) is 39.5 Å². The van der Waals surface area contributed by atoms with Crippen molar-refractivity contribution in [3.8, 4) is 67.5 Å². The fraction of sp³-hybridized carbons (Fsp3) is 0.214. The van der Waals surface area contributed by atoms with Crippen molar-refractivity contribution in [2.45, 2.75) is 106 Å². The number of rotatable bonds is 31. The van der Waals surface area contributed by atoms with E-state index in [1.54, 1.807) is 110 Å². The summed E-state index contributed by atoms with van der Waals surface area (Å²) in [5, 5.41) is 28.4. The summed E-state index contributed by atoms with van der Waals surface area (Å²) in [5.74, 6) is -4.68. The topological polar surface area (TPSA) is 376 Å². The number of piperidine rings is 1. The zero-order valence-electron chi connectivity index (χ0n) is 84.8. The van der Waals surface area contributed by atoms with Crippen LogP contribution in [0, 0.1) is 34.9 Å². The molecule has 0 atom stereocenters. The highest BCUT2D eigenvalue weighted by atomic mass is 32.2. The van der Waals surface area contributed by atoms with Crippen LogP contribution in [0.15, 0.2) is 284 Å². The van der Waals surface area contributed by atoms with Gasteiger partial charge in [-0.1, -0.05) is 18.2 Å². The van der Waals surface area contributed by atoms with Gasteiger partial charge in [-0.15, -0.1) is 0 Å². The van der Waals surface area contributed by atoms with Crippen molar-refractivity contribution in [3.63, 3.8) is 0 Å². The predicted octanol–water partition coefficient (Wildman–Crippen LogP) is 22.9. The number of carboxylic acids is 3. The molecule has 13 aromatic rings. The highest BCUT2D eigenvalue weighted by molar-refractivity contribution is 7.93. The zero-order valence-corrected chi connectivity index (χ0v) is 87.3. The molecule has 780 valence electrons. The molecule has 28 nitrogen and oxygen atoms in total. The first-order valence-corrected chi connectivity index (χ1v) is 51.6. The summed E-state index contributed by atoms with van der Waals surface area (Å²) in [6.45, 7) is 19.3. The number of hydrogen-bond acceptors (Lipinski definition) is 21. The van der Waals surface area contributed by atoms with Crippen LogP contribution in [0.25, 0.3) is 104 Å². The Labute approximate surface area is 864 Å². The number of amides is 1. The lowest BCUT2D eigenvalue weighted by Crippen LogP contribution is -2.30. The maximum atomic E-state index is 13.3. The number of nitrogens with zero attached hydrogens (tertiary/aromatic N) is 12. The molecule has 7 heterocycles. The van der Waals surface area contributed by atoms with Crippen molar-refractivity contribution in [1.82, 2.24) is 39.3 Å². The summed E-state index contributed by atoms with van der Waals surface area (Å²) < 4.78 is 141. The van der Waals surface area contributed by atoms with E-state index in [0.717, 1.165) is 158 Å². The molecule has 0 saturated carbocycles. The van der Waals surface area contributed by atoms with E-state index in [1.165, 1.54) is 135 Å². The number of nitrogens with one attached hydrogen (secondary N) is 2. The highest BCUT2D eigenvalue weighted by Crippen LogP contribution is 2.41. The fourth-order valence-electron chi connectivity index (χ4n) is 14.3. The Morgan fingerprint density at radius 1 is 0.362 bits per heavy atom. The van der Waals surface area contributed by atoms with Crippen molar-refractivity contribution in [2.24, 2.45) is 0 Å². The van der Waals surface area contributed by atoms with Gasteiger partial charge in [0.05, 0.1) is 73.7 Å². The largest absolute Gasteiger partial charge is 0.478 e. The Bertz CT molecular complexity index is 7230. The molecule has 1 amide bonds. The van der Waals surface area contributed by atoms with Gasteiger partial charge in [-0.25, -0.2) is 67.0 Å². The molecule has 1 aliphatic rings. The first-order valence-electron chi connectivity index (χ1n) is 46.9. The molecule has 6 aromatic heterocycles. The molecular weight excluding hydrogens is 1970 g/mol. The summed E-state index contributed by atoms with van der Waals surface area (Å²) in [6.07, 6.45) is 25.0. The van der Waals surface area contributed by atoms with Gasteiger partial charge in [0.1, 0.15) is 34.9 Å². The van der Waals surface area contributed by atoms with E-state index < -0.39 is 51.5 Å². The number of benzene rings is 7. The van der Waals surface area contributed by atoms with Gasteiger partial charge in [0.2, 0.25) is 15.9 Å². The van der Waals surface area contributed by atoms with Crippen LogP contribution in [0.4, 0.5) is 66.2 Å². The minimum absolute atomic E-state index is 0.161. The van der Waals surface area contributed by atoms with Crippen molar-refractivity contribution in [3.05, 3.63) is 353 Å². The number of anilines is 7. The molecule has 1 saturated heterocycles. The Morgan fingerprint density at radius 3 is 0.893 bits per heavy atom. The molecule has 7 N–H and O–H groups in total. The number of carboxylic acid groups (broad SMARTS) is 3. The van der Waals surface area contributed by atoms with E-state index >= 15 is 0 Å². The van der Waals surface area contributed by atoms with Crippen molar-refractivity contribution in [1.29, 1.82) is 0 Å². The molecule has 37 heteroatoms. The Morgan fingerprint density at radius 2 is 0.617 bits per heavy atom. The maximum Gasteiger partial charge on any atom is 0.349 e. The van der Waals surface area contributed by atoms with E-state index in [0.29, 0.717) is 50.6 Å². The molecule has 0 unspecified atom stereocenters. The quantitative estimate of drug-likeness (QED) is 0.0121. The predicted molar refractivity (Wildman–Crippen MR) is 582 cm³/mol. The van der Waals surface area contributed by atoms with Crippen LogP contribution < -0.4 is 38.8 Å². The Kier molecular flexibility index (Phi) is 43.1. The number of halogens is 6. The first-order chi connectivity index (χ1) is 70.5. The zero-order chi connectivity index (χ0) is 109. The lowest BCUT2D eigenvalue weighted by molar-refractivity contribution is -0.132. The van der Waals surface area contributed by atoms with Crippen LogP contribution >= 0.6 is 7.60 Å². The van der Waals surface area contributed by atoms with Gasteiger partial charge in [0.15, 0.2) is 0 Å². The smallest absolute Gasteiger partial charge is 0.349 e. The third kappa shape index (κ3) is 36.6. The van der Waals surface area contributed by atoms with Gasteiger partial charge >= 0.3 is 25.5 Å². The van der Waals surface area contributed by atoms with Crippen LogP contribution in [-0.4, -0.2) is 175 Å². The van der Waals surface area contributed by atoms with Crippen LogP contribution in [0.2, 0.25) is 0 Å². The normalized spacial score (nSPS) is 12.1. The summed E-state index contributed by atoms with van der Waals surface area (Å²) in [6, 6.07) is 58.5. The summed E-state index contributed by atoms with van der Waals surface area (Å²) >= 11 is 0. The average molecular weight is 2090 g/mol. The fourth-order valence-corrected chi connectivity index (χ4v) is 15.9. The molecule has 0 radical (unpaired) electrons. The third-order valence-corrected chi connectivity index (χ3v) is 25.7. The van der Waals surface area contributed by atoms with Gasteiger partial charge in [-0.3, -0.25) is 39.3 Å². The van der Waals surface area contributed by atoms with E-state index in [9.17, 15) is 66.9 Å². The highest BCUT2D eigenvalue weighted by Gasteiger charge is 2.24. The van der Waals surface area contributed by atoms with Crippen LogP contribution in [0.5, 0.6) is 0 Å². The number of para-hydroxylation sites is 1.